The van der Waals surface area contributed by atoms with Crippen molar-refractivity contribution in [2.75, 3.05) is 13.2 Å². The number of aliphatic carboxylic acids is 1. The van der Waals surface area contributed by atoms with Crippen LogP contribution in [0, 0.1) is 17.8 Å². The highest BCUT2D eigenvalue weighted by molar-refractivity contribution is 5.69. The number of fused-ring (bicyclic) bond motifs is 1. The van der Waals surface area contributed by atoms with Crippen LogP contribution in [0.3, 0.4) is 0 Å². The summed E-state index contributed by atoms with van der Waals surface area (Å²) in [5.41, 5.74) is 1.22. The van der Waals surface area contributed by atoms with E-state index in [0.29, 0.717) is 25.2 Å². The van der Waals surface area contributed by atoms with E-state index < -0.39 is 18.2 Å². The normalized spacial score (nSPS) is 26.9. The summed E-state index contributed by atoms with van der Waals surface area (Å²) in [6.07, 6.45) is 10.0. The molecular weight excluding hydrogens is 420 g/mol. The molecule has 1 aromatic rings. The molecule has 1 fully saturated rings. The van der Waals surface area contributed by atoms with Gasteiger partial charge >= 0.3 is 5.97 Å². The zero-order valence-electron chi connectivity index (χ0n) is 19.5. The average molecular weight is 459 g/mol. The molecule has 1 aliphatic heterocycles. The van der Waals surface area contributed by atoms with E-state index in [1.165, 1.54) is 5.57 Å². The van der Waals surface area contributed by atoms with Gasteiger partial charge in [0.25, 0.3) is 0 Å². The number of allylic oxidation sites excluding steroid dienone is 1. The topological polar surface area (TPSA) is 96.2 Å². The Labute approximate surface area is 196 Å². The van der Waals surface area contributed by atoms with Crippen LogP contribution in [0.2, 0.25) is 0 Å². The zero-order chi connectivity index (χ0) is 23.6. The molecule has 1 aromatic carbocycles. The number of carboxylic acids is 1. The second kappa shape index (κ2) is 12.9. The first-order valence-electron chi connectivity index (χ1n) is 12.2. The molecule has 0 saturated heterocycles. The molecule has 182 valence electrons. The van der Waals surface area contributed by atoms with Crippen molar-refractivity contribution in [3.63, 3.8) is 0 Å². The maximum absolute atomic E-state index is 11.4. The number of rotatable bonds is 12. The number of aliphatic hydroxyl groups excluding tert-OH is 2. The van der Waals surface area contributed by atoms with E-state index in [4.69, 9.17) is 9.47 Å². The summed E-state index contributed by atoms with van der Waals surface area (Å²) in [6, 6.07) is 9.38. The number of carbonyl (C=O) groups is 1. The second-order valence-electron chi connectivity index (χ2n) is 9.28. The molecule has 0 aromatic heterocycles. The zero-order valence-corrected chi connectivity index (χ0v) is 19.5. The molecule has 1 saturated carbocycles. The first kappa shape index (κ1) is 25.5. The van der Waals surface area contributed by atoms with Crippen molar-refractivity contribution in [2.45, 2.75) is 70.2 Å². The summed E-state index contributed by atoms with van der Waals surface area (Å²) >= 11 is 0. The van der Waals surface area contributed by atoms with Gasteiger partial charge < -0.3 is 24.8 Å². The molecule has 6 nitrogen and oxygen atoms in total. The van der Waals surface area contributed by atoms with Crippen molar-refractivity contribution in [2.24, 2.45) is 17.8 Å². The molecule has 3 rings (SSSR count). The smallest absolute Gasteiger partial charge is 0.306 e. The lowest BCUT2D eigenvalue weighted by atomic mass is 9.89. The number of hydrogen-bond acceptors (Lipinski definition) is 5. The van der Waals surface area contributed by atoms with Gasteiger partial charge in [0.15, 0.2) is 0 Å². The highest BCUT2D eigenvalue weighted by atomic mass is 16.5. The molecule has 6 heteroatoms. The number of carboxylic acid groups (broad SMARTS) is 1. The molecule has 33 heavy (non-hydrogen) atoms. The third-order valence-electron chi connectivity index (χ3n) is 6.81. The summed E-state index contributed by atoms with van der Waals surface area (Å²) in [7, 11) is 0. The third kappa shape index (κ3) is 7.70. The van der Waals surface area contributed by atoms with Gasteiger partial charge in [0.2, 0.25) is 0 Å². The fourth-order valence-corrected chi connectivity index (χ4v) is 4.95. The number of hydrogen-bond donors (Lipinski definition) is 3. The predicted octanol–water partition coefficient (Wildman–Crippen LogP) is 4.37. The van der Waals surface area contributed by atoms with Crippen molar-refractivity contribution in [1.29, 1.82) is 0 Å². The van der Waals surface area contributed by atoms with Crippen LogP contribution in [0.25, 0.3) is 0 Å². The second-order valence-corrected chi connectivity index (χ2v) is 9.28. The third-order valence-corrected chi connectivity index (χ3v) is 6.81. The lowest BCUT2D eigenvalue weighted by Crippen LogP contribution is -2.22. The van der Waals surface area contributed by atoms with Crippen LogP contribution < -0.4 is 4.74 Å². The highest BCUT2D eigenvalue weighted by Gasteiger charge is 2.42. The number of benzene rings is 1. The Bertz CT molecular complexity index is 789. The minimum absolute atomic E-state index is 0.00651. The van der Waals surface area contributed by atoms with Crippen molar-refractivity contribution >= 4 is 5.97 Å². The van der Waals surface area contributed by atoms with Gasteiger partial charge in [-0.25, -0.2) is 0 Å². The Morgan fingerprint density at radius 2 is 2.06 bits per heavy atom. The fourth-order valence-electron chi connectivity index (χ4n) is 4.95. The van der Waals surface area contributed by atoms with Gasteiger partial charge in [0.05, 0.1) is 24.7 Å². The van der Waals surface area contributed by atoms with Gasteiger partial charge in [-0.05, 0) is 55.7 Å². The lowest BCUT2D eigenvalue weighted by molar-refractivity contribution is -0.142. The first-order chi connectivity index (χ1) is 16.0. The van der Waals surface area contributed by atoms with Crippen LogP contribution in [0.15, 0.2) is 54.1 Å². The standard InChI is InChI=1S/C27H38O6/c1-2-7-20(27(30)31)9-6-8-19-12-14-24-23(25(29)16-26(24)33-17-19)15-13-21(28)18-32-22-10-4-3-5-11-22/h3-5,10-13,15,20-21,23-26,28-29H,2,6-9,14,16-18H2,1H3,(H,30,31)/t20?,21-,23-,24-,25-,26+/m1/s1. The quantitative estimate of drug-likeness (QED) is 0.403. The van der Waals surface area contributed by atoms with E-state index in [1.807, 2.05) is 43.3 Å². The van der Waals surface area contributed by atoms with Crippen LogP contribution in [-0.4, -0.2) is 52.8 Å². The van der Waals surface area contributed by atoms with Crippen LogP contribution >= 0.6 is 0 Å². The van der Waals surface area contributed by atoms with Crippen molar-refractivity contribution < 1.29 is 29.6 Å². The first-order valence-corrected chi connectivity index (χ1v) is 12.2. The van der Waals surface area contributed by atoms with E-state index in [0.717, 1.165) is 32.1 Å². The Kier molecular flexibility index (Phi) is 9.97. The van der Waals surface area contributed by atoms with Gasteiger partial charge in [-0.2, -0.15) is 0 Å². The van der Waals surface area contributed by atoms with E-state index in [1.54, 1.807) is 6.08 Å². The average Bonchev–Trinajstić information content (AvgIpc) is 2.97. The van der Waals surface area contributed by atoms with Gasteiger partial charge in [0.1, 0.15) is 18.5 Å². The summed E-state index contributed by atoms with van der Waals surface area (Å²) < 4.78 is 11.7. The van der Waals surface area contributed by atoms with Crippen LogP contribution in [-0.2, 0) is 9.53 Å². The molecule has 0 spiro atoms. The van der Waals surface area contributed by atoms with Gasteiger partial charge in [0, 0.05) is 12.3 Å². The molecule has 3 N–H and O–H groups in total. The van der Waals surface area contributed by atoms with Gasteiger partial charge in [-0.15, -0.1) is 0 Å². The molecule has 0 radical (unpaired) electrons. The molecule has 1 aliphatic carbocycles. The molecule has 0 bridgehead atoms. The largest absolute Gasteiger partial charge is 0.491 e. The van der Waals surface area contributed by atoms with Crippen LogP contribution in [0.5, 0.6) is 5.75 Å². The summed E-state index contributed by atoms with van der Waals surface area (Å²) in [4.78, 5) is 11.4. The lowest BCUT2D eigenvalue weighted by Gasteiger charge is -2.20. The van der Waals surface area contributed by atoms with Crippen molar-refractivity contribution in [1.82, 2.24) is 0 Å². The molecule has 1 heterocycles. The maximum atomic E-state index is 11.4. The van der Waals surface area contributed by atoms with E-state index in [2.05, 4.69) is 6.08 Å². The predicted molar refractivity (Wildman–Crippen MR) is 127 cm³/mol. The minimum atomic E-state index is -0.750. The molecular formula is C27H38O6. The van der Waals surface area contributed by atoms with Crippen molar-refractivity contribution in [3.05, 3.63) is 54.1 Å². The van der Waals surface area contributed by atoms with Crippen LogP contribution in [0.1, 0.15) is 51.9 Å². The Hall–Kier alpha value is -2.15. The summed E-state index contributed by atoms with van der Waals surface area (Å²) in [5.74, 6) is -0.146. The minimum Gasteiger partial charge on any atom is -0.491 e. The van der Waals surface area contributed by atoms with Gasteiger partial charge in [-0.1, -0.05) is 49.8 Å². The number of aliphatic hydroxyl groups is 2. The fraction of sp³-hybridized carbons (Fsp3) is 0.593. The molecule has 6 atom stereocenters. The van der Waals surface area contributed by atoms with E-state index >= 15 is 0 Å². The number of para-hydroxylation sites is 1. The maximum Gasteiger partial charge on any atom is 0.306 e. The molecule has 2 aliphatic rings. The molecule has 0 amide bonds. The molecule has 1 unspecified atom stereocenters. The monoisotopic (exact) mass is 458 g/mol. The van der Waals surface area contributed by atoms with E-state index in [9.17, 15) is 20.1 Å². The Morgan fingerprint density at radius 1 is 1.27 bits per heavy atom. The Morgan fingerprint density at radius 3 is 2.79 bits per heavy atom. The van der Waals surface area contributed by atoms with E-state index in [-0.39, 0.29) is 30.5 Å². The highest BCUT2D eigenvalue weighted by Crippen LogP contribution is 2.40. The number of ether oxygens (including phenoxy) is 2. The van der Waals surface area contributed by atoms with Gasteiger partial charge in [-0.3, -0.25) is 4.79 Å². The van der Waals surface area contributed by atoms with Crippen LogP contribution in [0.4, 0.5) is 0 Å². The Balaban J connectivity index is 1.50. The van der Waals surface area contributed by atoms with Crippen molar-refractivity contribution in [3.8, 4) is 5.75 Å². The summed E-state index contributed by atoms with van der Waals surface area (Å²) in [5, 5.41) is 30.2. The summed E-state index contributed by atoms with van der Waals surface area (Å²) in [6.45, 7) is 2.72. The SMILES string of the molecule is CCCC(CCCC1=CC[C@@H]2[C@@H](C=C[C@@H](O)COc3ccccc3)[C@H](O)C[C@@H]2OC1)C(=O)O.